The second-order valence-corrected chi connectivity index (χ2v) is 4.76. The van der Waals surface area contributed by atoms with E-state index in [1.807, 2.05) is 0 Å². The fraction of sp³-hybridized carbons (Fsp3) is 0.529. The van der Waals surface area contributed by atoms with Crippen LogP contribution in [0, 0.1) is 6.58 Å². The van der Waals surface area contributed by atoms with Gasteiger partial charge in [0.05, 0.1) is 0 Å². The number of hydrogen-bond donors (Lipinski definition) is 0. The van der Waals surface area contributed by atoms with Crippen molar-refractivity contribution in [1.29, 1.82) is 0 Å². The molecule has 0 atom stereocenters. The molecule has 17 heavy (non-hydrogen) atoms. The summed E-state index contributed by atoms with van der Waals surface area (Å²) in [7, 11) is 0. The van der Waals surface area contributed by atoms with E-state index in [0.717, 1.165) is 19.3 Å². The molecule has 0 unspecified atom stereocenters. The fourth-order valence-electron chi connectivity index (χ4n) is 2.05. The largest absolute Gasteiger partial charge is 0.0845 e. The summed E-state index contributed by atoms with van der Waals surface area (Å²) in [4.78, 5) is 0. The quantitative estimate of drug-likeness (QED) is 0.515. The molecule has 0 nitrogen and oxygen atoms in total. The van der Waals surface area contributed by atoms with Gasteiger partial charge in [-0.1, -0.05) is 63.1 Å². The molecule has 0 aromatic heterocycles. The Morgan fingerprint density at radius 1 is 0.882 bits per heavy atom. The highest BCUT2D eigenvalue weighted by molar-refractivity contribution is 5.22. The topological polar surface area (TPSA) is 0 Å². The van der Waals surface area contributed by atoms with Crippen LogP contribution in [0.25, 0.3) is 0 Å². The molecule has 0 fully saturated rings. The molecule has 0 aliphatic rings. The Morgan fingerprint density at radius 3 is 2.00 bits per heavy atom. The van der Waals surface area contributed by atoms with Crippen molar-refractivity contribution in [2.24, 2.45) is 0 Å². The van der Waals surface area contributed by atoms with Gasteiger partial charge < -0.3 is 0 Å². The first-order valence-electron chi connectivity index (χ1n) is 6.98. The first-order valence-corrected chi connectivity index (χ1v) is 6.98. The van der Waals surface area contributed by atoms with Gasteiger partial charge in [0.2, 0.25) is 0 Å². The third kappa shape index (κ3) is 6.31. The lowest BCUT2D eigenvalue weighted by Crippen LogP contribution is -1.89. The second-order valence-electron chi connectivity index (χ2n) is 4.76. The highest BCUT2D eigenvalue weighted by Crippen LogP contribution is 2.11. The Balaban J connectivity index is 2.26. The number of unbranched alkanes of at least 4 members (excludes halogenated alkanes) is 4. The Kier molecular flexibility index (Phi) is 7.46. The van der Waals surface area contributed by atoms with Gasteiger partial charge in [0.25, 0.3) is 0 Å². The number of rotatable bonds is 9. The van der Waals surface area contributed by atoms with E-state index in [1.54, 1.807) is 6.08 Å². The molecule has 0 heterocycles. The van der Waals surface area contributed by atoms with Crippen molar-refractivity contribution in [1.82, 2.24) is 0 Å². The molecule has 0 amide bonds. The molecule has 1 rings (SSSR count). The summed E-state index contributed by atoms with van der Waals surface area (Å²) in [6.45, 7) is 7.63. The van der Waals surface area contributed by atoms with Crippen LogP contribution in [0.5, 0.6) is 0 Å². The molecule has 0 bridgehead atoms. The van der Waals surface area contributed by atoms with Gasteiger partial charge in [0.1, 0.15) is 0 Å². The smallest absolute Gasteiger partial charge is 0.0276 e. The Labute approximate surface area is 107 Å². The SMILES string of the molecule is [CH]=CCCCc1ccc(CCCCCC)cc1. The second kappa shape index (κ2) is 9.04. The van der Waals surface area contributed by atoms with Gasteiger partial charge in [0, 0.05) is 0 Å². The molecular weight excluding hydrogens is 204 g/mol. The predicted octanol–water partition coefficient (Wildman–Crippen LogP) is 5.12. The first kappa shape index (κ1) is 14.0. The van der Waals surface area contributed by atoms with Gasteiger partial charge in [-0.15, -0.1) is 0 Å². The monoisotopic (exact) mass is 229 g/mol. The van der Waals surface area contributed by atoms with Gasteiger partial charge >= 0.3 is 0 Å². The molecule has 0 heteroatoms. The van der Waals surface area contributed by atoms with Crippen LogP contribution in [0.3, 0.4) is 0 Å². The molecule has 1 aromatic rings. The standard InChI is InChI=1S/C17H25/c1-3-5-7-9-11-17-14-12-16(13-15-17)10-8-6-4-2/h2,4,12-15H,3,5-11H2,1H3. The van der Waals surface area contributed by atoms with Crippen LogP contribution < -0.4 is 0 Å². The normalized spacial score (nSPS) is 10.4. The zero-order valence-corrected chi connectivity index (χ0v) is 11.1. The summed E-state index contributed by atoms with van der Waals surface area (Å²) >= 11 is 0. The van der Waals surface area contributed by atoms with Crippen molar-refractivity contribution < 1.29 is 0 Å². The third-order valence-corrected chi connectivity index (χ3v) is 3.18. The summed E-state index contributed by atoms with van der Waals surface area (Å²) in [5.41, 5.74) is 2.92. The lowest BCUT2D eigenvalue weighted by molar-refractivity contribution is 0.666. The van der Waals surface area contributed by atoms with Crippen LogP contribution in [0.15, 0.2) is 30.3 Å². The minimum Gasteiger partial charge on any atom is -0.0845 e. The molecule has 0 spiro atoms. The van der Waals surface area contributed by atoms with E-state index in [0.29, 0.717) is 0 Å². The number of hydrogen-bond acceptors (Lipinski definition) is 0. The molecule has 1 aromatic carbocycles. The molecule has 0 aliphatic carbocycles. The van der Waals surface area contributed by atoms with Gasteiger partial charge in [-0.25, -0.2) is 0 Å². The van der Waals surface area contributed by atoms with Crippen molar-refractivity contribution in [3.63, 3.8) is 0 Å². The van der Waals surface area contributed by atoms with Gasteiger partial charge in [0.15, 0.2) is 0 Å². The van der Waals surface area contributed by atoms with E-state index in [1.165, 1.54) is 43.2 Å². The van der Waals surface area contributed by atoms with Crippen LogP contribution in [0.2, 0.25) is 0 Å². The van der Waals surface area contributed by atoms with Gasteiger partial charge in [-0.2, -0.15) is 0 Å². The van der Waals surface area contributed by atoms with Crippen LogP contribution >= 0.6 is 0 Å². The molecular formula is C17H25. The summed E-state index contributed by atoms with van der Waals surface area (Å²) < 4.78 is 0. The zero-order valence-electron chi connectivity index (χ0n) is 11.1. The van der Waals surface area contributed by atoms with Crippen LogP contribution in [-0.2, 0) is 12.8 Å². The minimum absolute atomic E-state index is 1.01. The highest BCUT2D eigenvalue weighted by atomic mass is 14.0. The predicted molar refractivity (Wildman–Crippen MR) is 76.1 cm³/mol. The maximum absolute atomic E-state index is 5.37. The third-order valence-electron chi connectivity index (χ3n) is 3.18. The summed E-state index contributed by atoms with van der Waals surface area (Å²) in [5, 5.41) is 0. The summed E-state index contributed by atoms with van der Waals surface area (Å²) in [6, 6.07) is 9.11. The van der Waals surface area contributed by atoms with Crippen molar-refractivity contribution in [3.8, 4) is 0 Å². The Bertz CT molecular complexity index is 294. The molecule has 1 radical (unpaired) electrons. The molecule has 0 saturated carbocycles. The fourth-order valence-corrected chi connectivity index (χ4v) is 2.05. The molecule has 0 N–H and O–H groups in total. The highest BCUT2D eigenvalue weighted by Gasteiger charge is 1.95. The van der Waals surface area contributed by atoms with Crippen LogP contribution in [-0.4, -0.2) is 0 Å². The number of allylic oxidation sites excluding steroid dienone is 1. The zero-order chi connectivity index (χ0) is 12.3. The van der Waals surface area contributed by atoms with E-state index in [2.05, 4.69) is 31.2 Å². The van der Waals surface area contributed by atoms with Crippen molar-refractivity contribution in [3.05, 3.63) is 48.0 Å². The average molecular weight is 229 g/mol. The number of aryl methyl sites for hydroxylation is 2. The first-order chi connectivity index (χ1) is 8.36. The van der Waals surface area contributed by atoms with E-state index >= 15 is 0 Å². The Hall–Kier alpha value is -1.04. The lowest BCUT2D eigenvalue weighted by Gasteiger charge is -2.04. The van der Waals surface area contributed by atoms with Crippen molar-refractivity contribution in [2.75, 3.05) is 0 Å². The lowest BCUT2D eigenvalue weighted by atomic mass is 10.0. The van der Waals surface area contributed by atoms with E-state index in [4.69, 9.17) is 6.58 Å². The van der Waals surface area contributed by atoms with E-state index < -0.39 is 0 Å². The van der Waals surface area contributed by atoms with Gasteiger partial charge in [-0.3, -0.25) is 0 Å². The van der Waals surface area contributed by atoms with Gasteiger partial charge in [-0.05, 0) is 43.2 Å². The maximum atomic E-state index is 5.37. The van der Waals surface area contributed by atoms with Crippen LogP contribution in [0.1, 0.15) is 56.6 Å². The maximum Gasteiger partial charge on any atom is -0.0276 e. The number of benzene rings is 1. The molecule has 93 valence electrons. The van der Waals surface area contributed by atoms with Crippen molar-refractivity contribution in [2.45, 2.75) is 58.3 Å². The molecule has 0 saturated heterocycles. The minimum atomic E-state index is 1.01. The van der Waals surface area contributed by atoms with Crippen LogP contribution in [0.4, 0.5) is 0 Å². The van der Waals surface area contributed by atoms with E-state index in [9.17, 15) is 0 Å². The Morgan fingerprint density at radius 2 is 1.47 bits per heavy atom. The van der Waals surface area contributed by atoms with E-state index in [-0.39, 0.29) is 0 Å². The average Bonchev–Trinajstić information content (AvgIpc) is 2.37. The summed E-state index contributed by atoms with van der Waals surface area (Å²) in [6.07, 6.45) is 11.7. The molecule has 0 aliphatic heterocycles. The summed E-state index contributed by atoms with van der Waals surface area (Å²) in [5.74, 6) is 0. The van der Waals surface area contributed by atoms with Crippen molar-refractivity contribution >= 4 is 0 Å².